The Bertz CT molecular complexity index is 684. The lowest BCUT2D eigenvalue weighted by Gasteiger charge is -2.25. The molecule has 6 heteroatoms. The number of carbonyl (C=O) groups is 2. The Morgan fingerprint density at radius 3 is 2.07 bits per heavy atom. The van der Waals surface area contributed by atoms with Crippen LogP contribution in [0.25, 0.3) is 0 Å². The van der Waals surface area contributed by atoms with E-state index in [0.29, 0.717) is 13.0 Å². The van der Waals surface area contributed by atoms with Crippen molar-refractivity contribution in [3.05, 3.63) is 35.4 Å². The second-order valence-electron chi connectivity index (χ2n) is 10.5. The zero-order chi connectivity index (χ0) is 22.5. The van der Waals surface area contributed by atoms with Crippen LogP contribution in [-0.2, 0) is 26.1 Å². The van der Waals surface area contributed by atoms with Gasteiger partial charge in [0.05, 0.1) is 12.0 Å². The molecule has 0 spiro atoms. The van der Waals surface area contributed by atoms with E-state index in [4.69, 9.17) is 9.47 Å². The van der Waals surface area contributed by atoms with Crippen LogP contribution in [0.2, 0.25) is 25.7 Å². The minimum absolute atomic E-state index is 0.0600. The third kappa shape index (κ3) is 9.48. The van der Waals surface area contributed by atoms with Gasteiger partial charge in [-0.1, -0.05) is 43.9 Å². The first kappa shape index (κ1) is 25.2. The summed E-state index contributed by atoms with van der Waals surface area (Å²) in [6.45, 7) is 18.5. The second kappa shape index (κ2) is 9.79. The molecule has 5 nitrogen and oxygen atoms in total. The molecule has 0 radical (unpaired) electrons. The van der Waals surface area contributed by atoms with Crippen LogP contribution in [0.15, 0.2) is 24.3 Å². The molecule has 1 aromatic carbocycles. The van der Waals surface area contributed by atoms with Gasteiger partial charge in [-0.15, -0.1) is 0 Å². The number of amides is 1. The average Bonchev–Trinajstić information content (AvgIpc) is 2.51. The van der Waals surface area contributed by atoms with Crippen LogP contribution < -0.4 is 5.32 Å². The van der Waals surface area contributed by atoms with Gasteiger partial charge in [0.15, 0.2) is 0 Å². The molecule has 1 N–H and O–H groups in total. The highest BCUT2D eigenvalue weighted by molar-refractivity contribution is 6.76. The van der Waals surface area contributed by atoms with E-state index in [1.807, 2.05) is 65.8 Å². The first-order chi connectivity index (χ1) is 13.1. The zero-order valence-corrected chi connectivity index (χ0v) is 20.6. The van der Waals surface area contributed by atoms with Gasteiger partial charge in [0, 0.05) is 14.1 Å². The standard InChI is InChI=1S/C23H39NO4Si/c1-17(24-21(26)28-22(2,3)4)16-18-10-12-19(13-11-18)23(5,6)20(25)27-14-15-29(7,8)9/h10-13,17H,14-16H2,1-9H3,(H,24,26)/t17-/m1/s1. The van der Waals surface area contributed by atoms with Crippen molar-refractivity contribution in [2.45, 2.75) is 90.7 Å². The van der Waals surface area contributed by atoms with E-state index in [0.717, 1.165) is 17.2 Å². The summed E-state index contributed by atoms with van der Waals surface area (Å²) in [7, 11) is -1.23. The van der Waals surface area contributed by atoms with Crippen molar-refractivity contribution >= 4 is 20.1 Å². The lowest BCUT2D eigenvalue weighted by atomic mass is 9.84. The van der Waals surface area contributed by atoms with E-state index < -0.39 is 25.2 Å². The number of benzene rings is 1. The molecule has 1 rings (SSSR count). The summed E-state index contributed by atoms with van der Waals surface area (Å²) in [5, 5.41) is 2.85. The van der Waals surface area contributed by atoms with Gasteiger partial charge in [0.25, 0.3) is 0 Å². The van der Waals surface area contributed by atoms with Crippen LogP contribution >= 0.6 is 0 Å². The van der Waals surface area contributed by atoms with Crippen molar-refractivity contribution in [3.8, 4) is 0 Å². The summed E-state index contributed by atoms with van der Waals surface area (Å²) in [6.07, 6.45) is 0.268. The third-order valence-electron chi connectivity index (χ3n) is 4.58. The van der Waals surface area contributed by atoms with Crippen molar-refractivity contribution < 1.29 is 19.1 Å². The number of carbonyl (C=O) groups excluding carboxylic acids is 2. The van der Waals surface area contributed by atoms with Gasteiger partial charge in [-0.05, 0) is 65.1 Å². The Balaban J connectivity index is 2.65. The van der Waals surface area contributed by atoms with Crippen LogP contribution in [-0.4, -0.2) is 38.4 Å². The topological polar surface area (TPSA) is 64.6 Å². The minimum Gasteiger partial charge on any atom is -0.465 e. The van der Waals surface area contributed by atoms with Crippen LogP contribution in [0, 0.1) is 0 Å². The number of nitrogens with one attached hydrogen (secondary N) is 1. The van der Waals surface area contributed by atoms with Gasteiger partial charge in [0.1, 0.15) is 5.60 Å². The van der Waals surface area contributed by atoms with Gasteiger partial charge < -0.3 is 14.8 Å². The van der Waals surface area contributed by atoms with Crippen molar-refractivity contribution in [1.82, 2.24) is 5.32 Å². The summed E-state index contributed by atoms with van der Waals surface area (Å²) >= 11 is 0. The van der Waals surface area contributed by atoms with Crippen LogP contribution in [0.5, 0.6) is 0 Å². The fourth-order valence-electron chi connectivity index (χ4n) is 2.72. The van der Waals surface area contributed by atoms with Gasteiger partial charge in [-0.3, -0.25) is 4.79 Å². The summed E-state index contributed by atoms with van der Waals surface area (Å²) in [5.74, 6) is -0.191. The molecule has 0 aliphatic rings. The predicted octanol–water partition coefficient (Wildman–Crippen LogP) is 5.30. The van der Waals surface area contributed by atoms with E-state index in [2.05, 4.69) is 25.0 Å². The maximum atomic E-state index is 12.6. The van der Waals surface area contributed by atoms with Crippen molar-refractivity contribution in [2.24, 2.45) is 0 Å². The van der Waals surface area contributed by atoms with E-state index in [-0.39, 0.29) is 12.0 Å². The van der Waals surface area contributed by atoms with Crippen molar-refractivity contribution in [1.29, 1.82) is 0 Å². The van der Waals surface area contributed by atoms with E-state index in [9.17, 15) is 9.59 Å². The SMILES string of the molecule is C[C@H](Cc1ccc(C(C)(C)C(=O)OCC[Si](C)(C)C)cc1)NC(=O)OC(C)(C)C. The molecule has 0 saturated heterocycles. The van der Waals surface area contributed by atoms with Crippen LogP contribution in [0.4, 0.5) is 4.79 Å². The molecule has 1 atom stereocenters. The number of hydrogen-bond donors (Lipinski definition) is 1. The minimum atomic E-state index is -1.23. The van der Waals surface area contributed by atoms with E-state index in [1.54, 1.807) is 0 Å². The molecule has 0 bridgehead atoms. The average molecular weight is 422 g/mol. The largest absolute Gasteiger partial charge is 0.465 e. The monoisotopic (exact) mass is 421 g/mol. The molecule has 0 saturated carbocycles. The van der Waals surface area contributed by atoms with Gasteiger partial charge in [-0.25, -0.2) is 4.79 Å². The van der Waals surface area contributed by atoms with Crippen LogP contribution in [0.1, 0.15) is 52.7 Å². The molecule has 0 aliphatic carbocycles. The fourth-order valence-corrected chi connectivity index (χ4v) is 3.43. The maximum Gasteiger partial charge on any atom is 0.407 e. The van der Waals surface area contributed by atoms with Crippen molar-refractivity contribution in [3.63, 3.8) is 0 Å². The quantitative estimate of drug-likeness (QED) is 0.457. The van der Waals surface area contributed by atoms with Gasteiger partial charge in [-0.2, -0.15) is 0 Å². The molecule has 0 unspecified atom stereocenters. The van der Waals surface area contributed by atoms with E-state index in [1.165, 1.54) is 0 Å². The highest BCUT2D eigenvalue weighted by atomic mass is 28.3. The fraction of sp³-hybridized carbons (Fsp3) is 0.652. The summed E-state index contributed by atoms with van der Waals surface area (Å²) in [4.78, 5) is 24.5. The smallest absolute Gasteiger partial charge is 0.407 e. The maximum absolute atomic E-state index is 12.6. The summed E-state index contributed by atoms with van der Waals surface area (Å²) in [6, 6.07) is 8.84. The second-order valence-corrected chi connectivity index (χ2v) is 16.1. The third-order valence-corrected chi connectivity index (χ3v) is 6.28. The lowest BCUT2D eigenvalue weighted by Crippen LogP contribution is -2.38. The molecule has 0 fully saturated rings. The normalized spacial score (nSPS) is 13.6. The Labute approximate surface area is 177 Å². The molecule has 29 heavy (non-hydrogen) atoms. The van der Waals surface area contributed by atoms with Gasteiger partial charge >= 0.3 is 12.1 Å². The Hall–Kier alpha value is -1.82. The zero-order valence-electron chi connectivity index (χ0n) is 19.6. The number of ether oxygens (including phenoxy) is 2. The van der Waals surface area contributed by atoms with E-state index >= 15 is 0 Å². The first-order valence-electron chi connectivity index (χ1n) is 10.4. The van der Waals surface area contributed by atoms with Gasteiger partial charge in [0.2, 0.25) is 0 Å². The first-order valence-corrected chi connectivity index (χ1v) is 14.1. The molecule has 1 aromatic rings. The predicted molar refractivity (Wildman–Crippen MR) is 121 cm³/mol. The summed E-state index contributed by atoms with van der Waals surface area (Å²) in [5.41, 5.74) is 0.797. The Kier molecular flexibility index (Phi) is 8.51. The Morgan fingerprint density at radius 1 is 1.03 bits per heavy atom. The summed E-state index contributed by atoms with van der Waals surface area (Å²) < 4.78 is 10.8. The number of hydrogen-bond acceptors (Lipinski definition) is 4. The molecule has 164 valence electrons. The number of alkyl carbamates (subject to hydrolysis) is 1. The molecule has 0 aliphatic heterocycles. The highest BCUT2D eigenvalue weighted by Gasteiger charge is 2.32. The Morgan fingerprint density at radius 2 is 1.59 bits per heavy atom. The molecular formula is C23H39NO4Si. The number of rotatable bonds is 8. The molecule has 0 aromatic heterocycles. The van der Waals surface area contributed by atoms with Crippen LogP contribution in [0.3, 0.4) is 0 Å². The lowest BCUT2D eigenvalue weighted by molar-refractivity contribution is -0.148. The number of esters is 1. The van der Waals surface area contributed by atoms with Crippen molar-refractivity contribution in [2.75, 3.05) is 6.61 Å². The highest BCUT2D eigenvalue weighted by Crippen LogP contribution is 2.26. The molecule has 0 heterocycles. The molecular weight excluding hydrogens is 382 g/mol. The molecule has 1 amide bonds.